The van der Waals surface area contributed by atoms with Crippen LogP contribution in [0.15, 0.2) is 84.0 Å². The van der Waals surface area contributed by atoms with E-state index in [4.69, 9.17) is 28.8 Å². The summed E-state index contributed by atoms with van der Waals surface area (Å²) in [6.45, 7) is 1.49. The molecule has 0 aliphatic carbocycles. The molecule has 5 amide bonds. The minimum Gasteiger partial charge on any atom is -0.370 e. The van der Waals surface area contributed by atoms with E-state index in [9.17, 15) is 37.1 Å². The first-order valence-corrected chi connectivity index (χ1v) is 17.9. The van der Waals surface area contributed by atoms with Crippen molar-refractivity contribution in [1.29, 1.82) is 0 Å². The molecule has 298 valence electrons. The maximum absolute atomic E-state index is 13.9. The van der Waals surface area contributed by atoms with Gasteiger partial charge >= 0.3 is 6.18 Å². The van der Waals surface area contributed by atoms with Crippen molar-refractivity contribution in [2.75, 3.05) is 6.54 Å². The summed E-state index contributed by atoms with van der Waals surface area (Å²) in [6, 6.07) is 13.0. The molecule has 1 aromatic heterocycles. The van der Waals surface area contributed by atoms with Gasteiger partial charge in [-0.25, -0.2) is 0 Å². The van der Waals surface area contributed by atoms with Gasteiger partial charge in [0.25, 0.3) is 0 Å². The van der Waals surface area contributed by atoms with Gasteiger partial charge in [0.05, 0.1) is 12.0 Å². The number of hydrogen-bond donors (Lipinski definition) is 8. The van der Waals surface area contributed by atoms with Gasteiger partial charge in [0, 0.05) is 41.5 Å². The van der Waals surface area contributed by atoms with Crippen molar-refractivity contribution >= 4 is 58.0 Å². The smallest absolute Gasteiger partial charge is 0.370 e. The van der Waals surface area contributed by atoms with E-state index in [1.165, 1.54) is 6.92 Å². The predicted octanol–water partition coefficient (Wildman–Crippen LogP) is 2.37. The predicted molar refractivity (Wildman–Crippen MR) is 205 cm³/mol. The van der Waals surface area contributed by atoms with E-state index in [2.05, 4.69) is 31.2 Å². The van der Waals surface area contributed by atoms with Crippen LogP contribution in [0.1, 0.15) is 42.0 Å². The summed E-state index contributed by atoms with van der Waals surface area (Å²) in [5, 5.41) is 11.7. The molecule has 0 radical (unpaired) electrons. The zero-order valence-electron chi connectivity index (χ0n) is 30.3. The third kappa shape index (κ3) is 12.8. The third-order valence-corrected chi connectivity index (χ3v) is 8.99. The Kier molecular flexibility index (Phi) is 14.8. The van der Waals surface area contributed by atoms with Crippen molar-refractivity contribution in [2.24, 2.45) is 22.2 Å². The number of primary amides is 1. The molecule has 11 N–H and O–H groups in total. The Morgan fingerprint density at radius 2 is 1.38 bits per heavy atom. The zero-order chi connectivity index (χ0) is 41.0. The van der Waals surface area contributed by atoms with E-state index in [0.717, 1.165) is 40.7 Å². The maximum atomic E-state index is 13.9. The standard InChI is InChI=1S/C38H43ClF3N9O5/c1-21(48-32(52)18-23-8-12-25(13-9-23)38(40,41)42)34(54)51-31(17-22-10-14-26(39)15-11-22)36(56)49-29(7-4-16-46-37(44)45)35(55)50-30(33(43)53)19-24-20-47-28-6-3-2-5-27(24)28/h2-3,5-6,8-15,20-21,29-31,47H,4,7,16-19H2,1H3,(H2,43,53)(H,48,52)(H,49,56)(H,50,55)(H,51,54)(H4,44,45,46)/t21-,29-,30-,31+/m0/s1. The number of nitrogens with zero attached hydrogens (tertiary/aromatic N) is 1. The number of alkyl halides is 3. The van der Waals surface area contributed by atoms with Crippen molar-refractivity contribution in [1.82, 2.24) is 26.3 Å². The second-order valence-corrected chi connectivity index (χ2v) is 13.5. The first kappa shape index (κ1) is 42.6. The molecule has 56 heavy (non-hydrogen) atoms. The fourth-order valence-corrected chi connectivity index (χ4v) is 5.90. The molecule has 0 saturated carbocycles. The van der Waals surface area contributed by atoms with E-state index in [1.54, 1.807) is 30.5 Å². The average molecular weight is 798 g/mol. The largest absolute Gasteiger partial charge is 0.416 e. The molecular weight excluding hydrogens is 755 g/mol. The van der Waals surface area contributed by atoms with Crippen LogP contribution in [0.5, 0.6) is 0 Å². The monoisotopic (exact) mass is 797 g/mol. The molecule has 0 fully saturated rings. The van der Waals surface area contributed by atoms with Gasteiger partial charge in [0.1, 0.15) is 24.2 Å². The number of nitrogens with two attached hydrogens (primary N) is 3. The Morgan fingerprint density at radius 3 is 2.02 bits per heavy atom. The molecule has 4 atom stereocenters. The topological polar surface area (TPSA) is 240 Å². The van der Waals surface area contributed by atoms with Crippen LogP contribution in [0.2, 0.25) is 5.02 Å². The van der Waals surface area contributed by atoms with Gasteiger partial charge in [0.15, 0.2) is 5.96 Å². The Labute approximate surface area is 325 Å². The highest BCUT2D eigenvalue weighted by Crippen LogP contribution is 2.29. The van der Waals surface area contributed by atoms with Gasteiger partial charge in [-0.2, -0.15) is 13.2 Å². The van der Waals surface area contributed by atoms with Crippen molar-refractivity contribution in [3.8, 4) is 0 Å². The number of H-pyrrole nitrogens is 1. The highest BCUT2D eigenvalue weighted by molar-refractivity contribution is 6.30. The quantitative estimate of drug-likeness (QED) is 0.0425. The molecule has 1 heterocycles. The lowest BCUT2D eigenvalue weighted by molar-refractivity contribution is -0.137. The van der Waals surface area contributed by atoms with E-state index in [-0.39, 0.29) is 50.2 Å². The van der Waals surface area contributed by atoms with Gasteiger partial charge in [-0.3, -0.25) is 29.0 Å². The first-order chi connectivity index (χ1) is 26.5. The van der Waals surface area contributed by atoms with Gasteiger partial charge in [-0.15, -0.1) is 0 Å². The van der Waals surface area contributed by atoms with Crippen molar-refractivity contribution in [3.63, 3.8) is 0 Å². The lowest BCUT2D eigenvalue weighted by atomic mass is 10.0. The molecule has 0 aliphatic heterocycles. The Balaban J connectivity index is 1.49. The fraction of sp³-hybridized carbons (Fsp3) is 0.316. The van der Waals surface area contributed by atoms with Crippen LogP contribution in [-0.4, -0.2) is 71.2 Å². The number of halogens is 4. The molecule has 14 nitrogen and oxygen atoms in total. The van der Waals surface area contributed by atoms with Gasteiger partial charge in [-0.05, 0) is 66.8 Å². The number of para-hydroxylation sites is 1. The Morgan fingerprint density at radius 1 is 0.768 bits per heavy atom. The molecule has 0 aliphatic rings. The summed E-state index contributed by atoms with van der Waals surface area (Å²) >= 11 is 6.05. The number of guanidine groups is 1. The van der Waals surface area contributed by atoms with Crippen molar-refractivity contribution in [2.45, 2.75) is 69.4 Å². The minimum absolute atomic E-state index is 0.0188. The number of amides is 5. The Hall–Kier alpha value is -6.10. The van der Waals surface area contributed by atoms with Crippen molar-refractivity contribution in [3.05, 3.63) is 106 Å². The van der Waals surface area contributed by atoms with Crippen molar-refractivity contribution < 1.29 is 37.1 Å². The van der Waals surface area contributed by atoms with Gasteiger partial charge < -0.3 is 43.5 Å². The molecule has 4 aromatic rings. The molecule has 4 rings (SSSR count). The Bertz CT molecular complexity index is 2030. The summed E-state index contributed by atoms with van der Waals surface area (Å²) < 4.78 is 38.8. The van der Waals surface area contributed by atoms with Crippen LogP contribution in [-0.2, 0) is 49.4 Å². The van der Waals surface area contributed by atoms with Gasteiger partial charge in [-0.1, -0.05) is 54.1 Å². The maximum Gasteiger partial charge on any atom is 0.416 e. The van der Waals surface area contributed by atoms with Crippen LogP contribution < -0.4 is 38.5 Å². The number of fused-ring (bicyclic) bond motifs is 1. The van der Waals surface area contributed by atoms with E-state index >= 15 is 0 Å². The van der Waals surface area contributed by atoms with E-state index < -0.39 is 65.4 Å². The second-order valence-electron chi connectivity index (χ2n) is 13.1. The number of hydrogen-bond acceptors (Lipinski definition) is 6. The van der Waals surface area contributed by atoms with E-state index in [1.807, 2.05) is 24.3 Å². The van der Waals surface area contributed by atoms with Crippen LogP contribution in [0, 0.1) is 0 Å². The molecule has 0 saturated heterocycles. The SMILES string of the molecule is C[C@H](NC(=O)Cc1ccc(C(F)(F)F)cc1)C(=O)N[C@H](Cc1ccc(Cl)cc1)C(=O)N[C@@H](CCCN=C(N)N)C(=O)N[C@@H](Cc1c[nH]c2ccccc12)C(N)=O. The molecule has 0 spiro atoms. The molecule has 3 aromatic carbocycles. The summed E-state index contributed by atoms with van der Waals surface area (Å²) in [7, 11) is 0. The zero-order valence-corrected chi connectivity index (χ0v) is 31.0. The summed E-state index contributed by atoms with van der Waals surface area (Å²) in [5.74, 6) is -3.90. The fourth-order valence-electron chi connectivity index (χ4n) is 5.78. The first-order valence-electron chi connectivity index (χ1n) is 17.5. The lowest BCUT2D eigenvalue weighted by Crippen LogP contribution is -2.58. The number of aromatic amines is 1. The number of benzene rings is 3. The molecular formula is C38H43ClF3N9O5. The number of aromatic nitrogens is 1. The number of nitrogens with one attached hydrogen (secondary N) is 5. The van der Waals surface area contributed by atoms with Crippen LogP contribution in [0.4, 0.5) is 13.2 Å². The summed E-state index contributed by atoms with van der Waals surface area (Å²) in [5.41, 5.74) is 18.2. The number of carbonyl (C=O) groups is 5. The van der Waals surface area contributed by atoms with Crippen LogP contribution in [0.25, 0.3) is 10.9 Å². The van der Waals surface area contributed by atoms with E-state index in [0.29, 0.717) is 10.6 Å². The second kappa shape index (κ2) is 19.5. The normalized spacial score (nSPS) is 13.4. The highest BCUT2D eigenvalue weighted by Gasteiger charge is 2.32. The summed E-state index contributed by atoms with van der Waals surface area (Å²) in [6.07, 6.45) is -2.90. The lowest BCUT2D eigenvalue weighted by Gasteiger charge is -2.26. The highest BCUT2D eigenvalue weighted by atomic mass is 35.5. The average Bonchev–Trinajstić information content (AvgIpc) is 3.55. The summed E-state index contributed by atoms with van der Waals surface area (Å²) in [4.78, 5) is 73.4. The number of aliphatic imine (C=N–C) groups is 1. The molecule has 18 heteroatoms. The van der Waals surface area contributed by atoms with Crippen LogP contribution >= 0.6 is 11.6 Å². The molecule has 0 unspecified atom stereocenters. The van der Waals surface area contributed by atoms with Gasteiger partial charge in [0.2, 0.25) is 29.5 Å². The number of rotatable bonds is 18. The third-order valence-electron chi connectivity index (χ3n) is 8.74. The minimum atomic E-state index is -4.54. The molecule has 0 bridgehead atoms. The number of carbonyl (C=O) groups excluding carboxylic acids is 5. The van der Waals surface area contributed by atoms with Crippen LogP contribution in [0.3, 0.4) is 0 Å².